The number of esters is 1. The number of ketones is 1. The van der Waals surface area contributed by atoms with Crippen molar-refractivity contribution in [1.29, 1.82) is 0 Å². The third kappa shape index (κ3) is 5.55. The van der Waals surface area contributed by atoms with Gasteiger partial charge in [0.1, 0.15) is 0 Å². The van der Waals surface area contributed by atoms with E-state index < -0.39 is 12.1 Å². The summed E-state index contributed by atoms with van der Waals surface area (Å²) in [5, 5.41) is 2.79. The quantitative estimate of drug-likeness (QED) is 0.606. The Labute approximate surface area is 153 Å². The smallest absolute Gasteiger partial charge is 0.307 e. The molecule has 136 valence electrons. The van der Waals surface area contributed by atoms with Crippen LogP contribution in [0.25, 0.3) is 0 Å². The second kappa shape index (κ2) is 8.94. The van der Waals surface area contributed by atoms with E-state index in [2.05, 4.69) is 5.32 Å². The van der Waals surface area contributed by atoms with E-state index in [9.17, 15) is 14.4 Å². The van der Waals surface area contributed by atoms with Crippen molar-refractivity contribution in [2.75, 3.05) is 5.32 Å². The number of anilines is 1. The Morgan fingerprint density at radius 3 is 2.38 bits per heavy atom. The molecule has 5 heteroatoms. The van der Waals surface area contributed by atoms with Gasteiger partial charge in [-0.15, -0.1) is 0 Å². The van der Waals surface area contributed by atoms with Gasteiger partial charge in [0, 0.05) is 17.7 Å². The van der Waals surface area contributed by atoms with E-state index in [-0.39, 0.29) is 24.5 Å². The van der Waals surface area contributed by atoms with Gasteiger partial charge in [0.05, 0.1) is 6.42 Å². The van der Waals surface area contributed by atoms with Gasteiger partial charge in [0.15, 0.2) is 6.10 Å². The molecule has 1 atom stereocenters. The first-order valence-electron chi connectivity index (χ1n) is 8.52. The molecule has 0 aliphatic rings. The molecular formula is C21H23NO4. The van der Waals surface area contributed by atoms with Crippen molar-refractivity contribution in [3.63, 3.8) is 0 Å². The number of amides is 1. The third-order valence-corrected chi connectivity index (χ3v) is 3.96. The second-order valence-electron chi connectivity index (χ2n) is 6.23. The molecule has 2 aromatic rings. The number of benzene rings is 2. The van der Waals surface area contributed by atoms with Gasteiger partial charge in [0.25, 0.3) is 0 Å². The molecule has 0 spiro atoms. The fourth-order valence-corrected chi connectivity index (χ4v) is 2.45. The van der Waals surface area contributed by atoms with Gasteiger partial charge < -0.3 is 10.1 Å². The van der Waals surface area contributed by atoms with Crippen LogP contribution in [0.1, 0.15) is 41.3 Å². The topological polar surface area (TPSA) is 72.5 Å². The van der Waals surface area contributed by atoms with Gasteiger partial charge in [-0.3, -0.25) is 14.4 Å². The van der Waals surface area contributed by atoms with Crippen LogP contribution >= 0.6 is 0 Å². The number of ether oxygens (including phenoxy) is 1. The number of aryl methyl sites for hydroxylation is 2. The Kier molecular flexibility index (Phi) is 6.67. The molecule has 1 N–H and O–H groups in total. The molecular weight excluding hydrogens is 330 g/mol. The largest absolute Gasteiger partial charge is 0.454 e. The van der Waals surface area contributed by atoms with Gasteiger partial charge in [-0.05, 0) is 38.0 Å². The van der Waals surface area contributed by atoms with Crippen LogP contribution in [0.4, 0.5) is 5.69 Å². The molecule has 0 radical (unpaired) electrons. The second-order valence-corrected chi connectivity index (χ2v) is 6.23. The van der Waals surface area contributed by atoms with Crippen LogP contribution in [-0.2, 0) is 14.3 Å². The summed E-state index contributed by atoms with van der Waals surface area (Å²) in [6.45, 7) is 5.38. The van der Waals surface area contributed by atoms with Crippen molar-refractivity contribution >= 4 is 23.3 Å². The minimum absolute atomic E-state index is 0.00153. The molecule has 26 heavy (non-hydrogen) atoms. The summed E-state index contributed by atoms with van der Waals surface area (Å²) in [6.07, 6.45) is -0.964. The summed E-state index contributed by atoms with van der Waals surface area (Å²) in [5.74, 6) is -1.10. The summed E-state index contributed by atoms with van der Waals surface area (Å²) in [5.41, 5.74) is 3.21. The fraction of sp³-hybridized carbons (Fsp3) is 0.286. The number of hydrogen-bond donors (Lipinski definition) is 1. The predicted molar refractivity (Wildman–Crippen MR) is 100 cm³/mol. The van der Waals surface area contributed by atoms with Crippen molar-refractivity contribution < 1.29 is 19.1 Å². The lowest BCUT2D eigenvalue weighted by molar-refractivity contribution is -0.147. The summed E-state index contributed by atoms with van der Waals surface area (Å²) in [6, 6.07) is 14.4. The van der Waals surface area contributed by atoms with Crippen LogP contribution in [0.3, 0.4) is 0 Å². The maximum Gasteiger partial charge on any atom is 0.307 e. The molecule has 5 nitrogen and oxygen atoms in total. The zero-order chi connectivity index (χ0) is 19.1. The van der Waals surface area contributed by atoms with Crippen molar-refractivity contribution in [2.45, 2.75) is 39.7 Å². The summed E-state index contributed by atoms with van der Waals surface area (Å²) >= 11 is 0. The maximum absolute atomic E-state index is 12.2. The van der Waals surface area contributed by atoms with Crippen LogP contribution in [0.2, 0.25) is 0 Å². The maximum atomic E-state index is 12.2. The van der Waals surface area contributed by atoms with Gasteiger partial charge in [-0.2, -0.15) is 0 Å². The summed E-state index contributed by atoms with van der Waals surface area (Å²) in [4.78, 5) is 36.1. The Bertz CT molecular complexity index is 799. The number of carbonyl (C=O) groups excluding carboxylic acids is 3. The van der Waals surface area contributed by atoms with Gasteiger partial charge in [0.2, 0.25) is 11.7 Å². The van der Waals surface area contributed by atoms with E-state index in [1.807, 2.05) is 38.1 Å². The van der Waals surface area contributed by atoms with Crippen molar-refractivity contribution in [3.8, 4) is 0 Å². The molecule has 2 rings (SSSR count). The molecule has 0 aromatic heterocycles. The van der Waals surface area contributed by atoms with Crippen molar-refractivity contribution in [3.05, 3.63) is 65.2 Å². The van der Waals surface area contributed by atoms with E-state index in [0.717, 1.165) is 16.8 Å². The Morgan fingerprint density at radius 1 is 1.00 bits per heavy atom. The number of rotatable bonds is 7. The zero-order valence-electron chi connectivity index (χ0n) is 15.2. The standard InChI is InChI=1S/C21H23NO4/c1-14-9-10-15(2)18(13-14)22-19(23)11-12-20(24)26-16(3)21(25)17-7-5-4-6-8-17/h4-10,13,16H,11-12H2,1-3H3,(H,22,23)/t16-/m0/s1. The zero-order valence-corrected chi connectivity index (χ0v) is 15.2. The number of Topliss-reactive ketones (excluding diaryl/α,β-unsaturated/α-hetero) is 1. The van der Waals surface area contributed by atoms with Gasteiger partial charge in [-0.25, -0.2) is 0 Å². The Balaban J connectivity index is 1.81. The highest BCUT2D eigenvalue weighted by atomic mass is 16.5. The van der Waals surface area contributed by atoms with Crippen LogP contribution < -0.4 is 5.32 Å². The third-order valence-electron chi connectivity index (χ3n) is 3.96. The van der Waals surface area contributed by atoms with Gasteiger partial charge in [-0.1, -0.05) is 42.5 Å². The van der Waals surface area contributed by atoms with Crippen molar-refractivity contribution in [1.82, 2.24) is 0 Å². The summed E-state index contributed by atoms with van der Waals surface area (Å²) < 4.78 is 5.14. The average molecular weight is 353 g/mol. The van der Waals surface area contributed by atoms with E-state index in [4.69, 9.17) is 4.74 Å². The Morgan fingerprint density at radius 2 is 1.69 bits per heavy atom. The SMILES string of the molecule is Cc1ccc(C)c(NC(=O)CCC(=O)O[C@@H](C)C(=O)c2ccccc2)c1. The molecule has 0 bridgehead atoms. The lowest BCUT2D eigenvalue weighted by Crippen LogP contribution is -2.25. The highest BCUT2D eigenvalue weighted by molar-refractivity contribution is 6.00. The van der Waals surface area contributed by atoms with E-state index >= 15 is 0 Å². The molecule has 0 unspecified atom stereocenters. The van der Waals surface area contributed by atoms with E-state index in [1.165, 1.54) is 6.92 Å². The normalized spacial score (nSPS) is 11.5. The number of hydrogen-bond acceptors (Lipinski definition) is 4. The van der Waals surface area contributed by atoms with E-state index in [1.54, 1.807) is 24.3 Å². The Hall–Kier alpha value is -2.95. The molecule has 0 heterocycles. The predicted octanol–water partition coefficient (Wildman–Crippen LogP) is 3.84. The molecule has 0 aliphatic heterocycles. The van der Waals surface area contributed by atoms with Crippen LogP contribution in [0.15, 0.2) is 48.5 Å². The fourth-order valence-electron chi connectivity index (χ4n) is 2.45. The first-order valence-corrected chi connectivity index (χ1v) is 8.52. The van der Waals surface area contributed by atoms with Crippen LogP contribution in [0, 0.1) is 13.8 Å². The average Bonchev–Trinajstić information content (AvgIpc) is 2.63. The lowest BCUT2D eigenvalue weighted by atomic mass is 10.1. The van der Waals surface area contributed by atoms with E-state index in [0.29, 0.717) is 5.56 Å². The minimum Gasteiger partial charge on any atom is -0.454 e. The van der Waals surface area contributed by atoms with Gasteiger partial charge >= 0.3 is 5.97 Å². The van der Waals surface area contributed by atoms with Crippen LogP contribution in [0.5, 0.6) is 0 Å². The highest BCUT2D eigenvalue weighted by Gasteiger charge is 2.19. The molecule has 0 aliphatic carbocycles. The number of nitrogens with one attached hydrogen (secondary N) is 1. The molecule has 0 saturated carbocycles. The van der Waals surface area contributed by atoms with Crippen LogP contribution in [-0.4, -0.2) is 23.8 Å². The monoisotopic (exact) mass is 353 g/mol. The minimum atomic E-state index is -0.882. The van der Waals surface area contributed by atoms with Crippen molar-refractivity contribution in [2.24, 2.45) is 0 Å². The molecule has 0 saturated heterocycles. The lowest BCUT2D eigenvalue weighted by Gasteiger charge is -2.13. The first kappa shape index (κ1) is 19.4. The first-order chi connectivity index (χ1) is 12.4. The highest BCUT2D eigenvalue weighted by Crippen LogP contribution is 2.17. The molecule has 2 aromatic carbocycles. The summed E-state index contributed by atoms with van der Waals surface area (Å²) in [7, 11) is 0. The molecule has 0 fully saturated rings. The number of carbonyl (C=O) groups is 3. The molecule has 1 amide bonds.